The van der Waals surface area contributed by atoms with Crippen molar-refractivity contribution in [3.63, 3.8) is 0 Å². The minimum atomic E-state index is -0.680. The molecule has 3 nitrogen and oxygen atoms in total. The molecule has 3 heteroatoms. The third-order valence-electron chi connectivity index (χ3n) is 2.38. The van der Waals surface area contributed by atoms with Crippen molar-refractivity contribution in [3.05, 3.63) is 0 Å². The molecule has 1 rings (SSSR count). The van der Waals surface area contributed by atoms with E-state index in [1.54, 1.807) is 11.8 Å². The molecule has 0 aromatic carbocycles. The number of carbonyl (C=O) groups is 1. The highest BCUT2D eigenvalue weighted by Gasteiger charge is 2.37. The summed E-state index contributed by atoms with van der Waals surface area (Å²) >= 11 is 0. The molecule has 1 amide bonds. The normalized spacial score (nSPS) is 29.5. The summed E-state index contributed by atoms with van der Waals surface area (Å²) in [6.45, 7) is 8.66. The van der Waals surface area contributed by atoms with Gasteiger partial charge in [0.25, 0.3) is 0 Å². The van der Waals surface area contributed by atoms with E-state index >= 15 is 0 Å². The third kappa shape index (κ3) is 2.44. The van der Waals surface area contributed by atoms with Gasteiger partial charge in [-0.3, -0.25) is 4.79 Å². The van der Waals surface area contributed by atoms with E-state index in [4.69, 9.17) is 0 Å². The molecule has 0 unspecified atom stereocenters. The molecule has 0 bridgehead atoms. The molecule has 0 spiro atoms. The molecule has 0 saturated carbocycles. The van der Waals surface area contributed by atoms with Gasteiger partial charge in [0.15, 0.2) is 0 Å². The van der Waals surface area contributed by atoms with Crippen LogP contribution in [0.5, 0.6) is 0 Å². The lowest BCUT2D eigenvalue weighted by atomic mass is 9.95. The van der Waals surface area contributed by atoms with Gasteiger partial charge in [0, 0.05) is 18.5 Å². The van der Waals surface area contributed by atoms with Crippen molar-refractivity contribution in [2.75, 3.05) is 13.1 Å². The summed E-state index contributed by atoms with van der Waals surface area (Å²) in [4.78, 5) is 13.5. The first-order valence-corrected chi connectivity index (χ1v) is 4.74. The van der Waals surface area contributed by atoms with Gasteiger partial charge >= 0.3 is 0 Å². The Morgan fingerprint density at radius 3 is 2.31 bits per heavy atom. The summed E-state index contributed by atoms with van der Waals surface area (Å²) in [7, 11) is 0. The molecule has 0 aromatic heterocycles. The number of β-amino-alcohol motifs (C(OH)–C–C–N with tert-alkyl or cyclic N) is 1. The molecule has 1 aliphatic rings. The summed E-state index contributed by atoms with van der Waals surface area (Å²) in [6, 6.07) is 0. The van der Waals surface area contributed by atoms with Gasteiger partial charge in [0.1, 0.15) is 0 Å². The Labute approximate surface area is 79.7 Å². The zero-order chi connectivity index (χ0) is 10.3. The van der Waals surface area contributed by atoms with E-state index in [-0.39, 0.29) is 11.3 Å². The fraction of sp³-hybridized carbons (Fsp3) is 0.900. The molecule has 0 radical (unpaired) electrons. The molecular formula is C10H19NO2. The molecular weight excluding hydrogens is 166 g/mol. The first kappa shape index (κ1) is 10.5. The van der Waals surface area contributed by atoms with Crippen LogP contribution < -0.4 is 0 Å². The summed E-state index contributed by atoms with van der Waals surface area (Å²) in [5.41, 5.74) is -1.01. The molecule has 1 atom stereocenters. The second-order valence-electron chi connectivity index (χ2n) is 5.22. The Bertz CT molecular complexity index is 215. The van der Waals surface area contributed by atoms with E-state index in [9.17, 15) is 9.90 Å². The van der Waals surface area contributed by atoms with Crippen molar-refractivity contribution < 1.29 is 9.90 Å². The van der Waals surface area contributed by atoms with E-state index in [2.05, 4.69) is 0 Å². The smallest absolute Gasteiger partial charge is 0.228 e. The first-order valence-electron chi connectivity index (χ1n) is 4.74. The highest BCUT2D eigenvalue weighted by Crippen LogP contribution is 2.25. The lowest BCUT2D eigenvalue weighted by molar-refractivity contribution is -0.139. The second-order valence-corrected chi connectivity index (χ2v) is 5.22. The minimum Gasteiger partial charge on any atom is -0.388 e. The summed E-state index contributed by atoms with van der Waals surface area (Å²) in [5.74, 6) is 0.130. The van der Waals surface area contributed by atoms with Crippen LogP contribution in [0.4, 0.5) is 0 Å². The molecule has 1 fully saturated rings. The number of hydrogen-bond donors (Lipinski definition) is 1. The zero-order valence-corrected chi connectivity index (χ0v) is 8.92. The first-order chi connectivity index (χ1) is 5.72. The van der Waals surface area contributed by atoms with Crippen molar-refractivity contribution in [2.45, 2.75) is 39.7 Å². The van der Waals surface area contributed by atoms with Gasteiger partial charge in [-0.05, 0) is 13.3 Å². The second kappa shape index (κ2) is 2.98. The van der Waals surface area contributed by atoms with Crippen LogP contribution in [0.1, 0.15) is 34.1 Å². The van der Waals surface area contributed by atoms with Crippen molar-refractivity contribution in [1.82, 2.24) is 4.90 Å². The topological polar surface area (TPSA) is 40.5 Å². The predicted molar refractivity (Wildman–Crippen MR) is 51.3 cm³/mol. The van der Waals surface area contributed by atoms with Crippen molar-refractivity contribution in [1.29, 1.82) is 0 Å². The number of amides is 1. The van der Waals surface area contributed by atoms with Crippen LogP contribution in [0.2, 0.25) is 0 Å². The van der Waals surface area contributed by atoms with E-state index in [0.717, 1.165) is 0 Å². The van der Waals surface area contributed by atoms with Crippen molar-refractivity contribution in [2.24, 2.45) is 5.41 Å². The summed E-state index contributed by atoms with van der Waals surface area (Å²) in [6.07, 6.45) is 0.689. The largest absolute Gasteiger partial charge is 0.388 e. The molecule has 0 aromatic rings. The highest BCUT2D eigenvalue weighted by atomic mass is 16.3. The van der Waals surface area contributed by atoms with Crippen LogP contribution >= 0.6 is 0 Å². The average Bonchev–Trinajstić information content (AvgIpc) is 2.26. The number of aliphatic hydroxyl groups is 1. The Kier molecular flexibility index (Phi) is 2.41. The van der Waals surface area contributed by atoms with Gasteiger partial charge in [-0.2, -0.15) is 0 Å². The summed E-state index contributed by atoms with van der Waals surface area (Å²) < 4.78 is 0. The van der Waals surface area contributed by atoms with Crippen LogP contribution in [0.25, 0.3) is 0 Å². The highest BCUT2D eigenvalue weighted by molar-refractivity contribution is 5.81. The third-order valence-corrected chi connectivity index (χ3v) is 2.38. The van der Waals surface area contributed by atoms with Crippen LogP contribution in [-0.4, -0.2) is 34.6 Å². The lowest BCUT2D eigenvalue weighted by Crippen LogP contribution is -2.40. The van der Waals surface area contributed by atoms with Gasteiger partial charge < -0.3 is 10.0 Å². The molecule has 1 heterocycles. The van der Waals surface area contributed by atoms with Crippen LogP contribution in [-0.2, 0) is 4.79 Å². The van der Waals surface area contributed by atoms with Crippen molar-refractivity contribution in [3.8, 4) is 0 Å². The number of rotatable bonds is 0. The number of hydrogen-bond acceptors (Lipinski definition) is 2. The molecule has 1 saturated heterocycles. The van der Waals surface area contributed by atoms with Crippen LogP contribution in [0.15, 0.2) is 0 Å². The predicted octanol–water partition coefficient (Wildman–Crippen LogP) is 1.02. The summed E-state index contributed by atoms with van der Waals surface area (Å²) in [5, 5.41) is 9.69. The Hall–Kier alpha value is -0.570. The molecule has 1 aliphatic heterocycles. The number of carbonyl (C=O) groups excluding carboxylic acids is 1. The number of likely N-dealkylation sites (tertiary alicyclic amines) is 1. The Balaban J connectivity index is 2.62. The van der Waals surface area contributed by atoms with Gasteiger partial charge in [-0.1, -0.05) is 20.8 Å². The Morgan fingerprint density at radius 1 is 1.46 bits per heavy atom. The van der Waals surface area contributed by atoms with E-state index < -0.39 is 5.60 Å². The zero-order valence-electron chi connectivity index (χ0n) is 8.92. The number of nitrogens with zero attached hydrogens (tertiary/aromatic N) is 1. The molecule has 0 aliphatic carbocycles. The maximum absolute atomic E-state index is 11.8. The fourth-order valence-electron chi connectivity index (χ4n) is 1.59. The Morgan fingerprint density at radius 2 is 2.00 bits per heavy atom. The molecule has 76 valence electrons. The van der Waals surface area contributed by atoms with E-state index in [1.165, 1.54) is 0 Å². The lowest BCUT2D eigenvalue weighted by Gasteiger charge is -2.26. The quantitative estimate of drug-likeness (QED) is 0.612. The van der Waals surface area contributed by atoms with Gasteiger partial charge in [-0.15, -0.1) is 0 Å². The van der Waals surface area contributed by atoms with Crippen LogP contribution in [0.3, 0.4) is 0 Å². The standard InChI is InChI=1S/C10H19NO2/c1-9(2,3)8(12)11-6-5-10(4,13)7-11/h13H,5-7H2,1-4H3/t10-/m0/s1. The van der Waals surface area contributed by atoms with Gasteiger partial charge in [-0.25, -0.2) is 0 Å². The van der Waals surface area contributed by atoms with E-state index in [1.807, 2.05) is 20.8 Å². The van der Waals surface area contributed by atoms with Crippen molar-refractivity contribution >= 4 is 5.91 Å². The maximum Gasteiger partial charge on any atom is 0.228 e. The molecule has 1 N–H and O–H groups in total. The monoisotopic (exact) mass is 185 g/mol. The van der Waals surface area contributed by atoms with Crippen LogP contribution in [0, 0.1) is 5.41 Å². The SMILES string of the molecule is CC(C)(C)C(=O)N1CC[C@](C)(O)C1. The van der Waals surface area contributed by atoms with E-state index in [0.29, 0.717) is 19.5 Å². The van der Waals surface area contributed by atoms with Gasteiger partial charge in [0.05, 0.1) is 5.60 Å². The maximum atomic E-state index is 11.8. The minimum absolute atomic E-state index is 0.130. The average molecular weight is 185 g/mol. The van der Waals surface area contributed by atoms with Gasteiger partial charge in [0.2, 0.25) is 5.91 Å². The molecule has 13 heavy (non-hydrogen) atoms. The fourth-order valence-corrected chi connectivity index (χ4v) is 1.59.